The number of pyridine rings is 3. The van der Waals surface area contributed by atoms with E-state index in [2.05, 4.69) is 85.5 Å². The van der Waals surface area contributed by atoms with Crippen LogP contribution in [-0.4, -0.2) is 215 Å². The molecule has 30 nitrogen and oxygen atoms in total. The Labute approximate surface area is 704 Å². The minimum Gasteiger partial charge on any atom is -0.399 e. The number of aromatic nitrogens is 7. The average molecular weight is 1650 g/mol. The summed E-state index contributed by atoms with van der Waals surface area (Å²) in [5, 5.41) is 18.1. The molecular formula is C86H114B2ClN19O11. The quantitative estimate of drug-likeness (QED) is 0.0128. The molecule has 6 fully saturated rings. The highest BCUT2D eigenvalue weighted by Gasteiger charge is 2.53. The summed E-state index contributed by atoms with van der Waals surface area (Å²) >= 11 is 6.24. The molecule has 4 atom stereocenters. The maximum atomic E-state index is 13.1. The number of halogens is 1. The first-order valence-corrected chi connectivity index (χ1v) is 40.8. The highest BCUT2D eigenvalue weighted by Crippen LogP contribution is 2.40. The lowest BCUT2D eigenvalue weighted by Crippen LogP contribution is -2.43. The number of nitrogens with zero attached hydrogens (tertiary/aromatic N) is 12. The van der Waals surface area contributed by atoms with Crippen molar-refractivity contribution < 1.29 is 52.1 Å². The number of Topliss-reactive ketones (excluding diaryl/α,β-unsaturated/α-hetero) is 2. The lowest BCUT2D eigenvalue weighted by atomic mass is 9.79. The van der Waals surface area contributed by atoms with Gasteiger partial charge in [0.2, 0.25) is 11.4 Å². The Morgan fingerprint density at radius 3 is 1.26 bits per heavy atom. The van der Waals surface area contributed by atoms with Gasteiger partial charge in [0.05, 0.1) is 82.0 Å². The number of isocyanates is 1. The highest BCUT2D eigenvalue weighted by molar-refractivity contribution is 6.62. The summed E-state index contributed by atoms with van der Waals surface area (Å²) in [5.41, 5.74) is 12.0. The van der Waals surface area contributed by atoms with Crippen molar-refractivity contribution in [3.63, 3.8) is 0 Å². The second kappa shape index (κ2) is 41.5. The molecule has 119 heavy (non-hydrogen) atoms. The monoisotopic (exact) mass is 1650 g/mol. The first kappa shape index (κ1) is 90.9. The molecule has 4 bridgehead atoms. The van der Waals surface area contributed by atoms with E-state index in [1.807, 2.05) is 168 Å². The van der Waals surface area contributed by atoms with Crippen molar-refractivity contribution in [1.29, 1.82) is 0 Å². The van der Waals surface area contributed by atoms with Gasteiger partial charge < -0.3 is 85.3 Å². The first-order valence-electron chi connectivity index (χ1n) is 40.4. The summed E-state index contributed by atoms with van der Waals surface area (Å²) in [6.07, 6.45) is 17.9. The van der Waals surface area contributed by atoms with Gasteiger partial charge in [-0.25, -0.2) is 34.3 Å². The largest absolute Gasteiger partial charge is 0.494 e. The second-order valence-electron chi connectivity index (χ2n) is 33.3. The summed E-state index contributed by atoms with van der Waals surface area (Å²) in [6, 6.07) is 32.3. The van der Waals surface area contributed by atoms with E-state index in [1.165, 1.54) is 6.08 Å². The van der Waals surface area contributed by atoms with Gasteiger partial charge in [-0.2, -0.15) is 4.99 Å². The number of nitrogens with two attached hydrogens (primary N) is 1. The van der Waals surface area contributed by atoms with E-state index in [-0.39, 0.29) is 101 Å². The smallest absolute Gasteiger partial charge is 0.399 e. The molecule has 6 aliphatic rings. The van der Waals surface area contributed by atoms with Crippen molar-refractivity contribution in [2.75, 3.05) is 115 Å². The molecule has 0 spiro atoms. The van der Waals surface area contributed by atoms with E-state index in [0.29, 0.717) is 77.4 Å². The number of hydrogen-bond acceptors (Lipinski definition) is 26. The Bertz CT molecular complexity index is 4660. The van der Waals surface area contributed by atoms with Crippen molar-refractivity contribution in [3.8, 4) is 11.4 Å². The Morgan fingerprint density at radius 2 is 0.899 bits per heavy atom. The van der Waals surface area contributed by atoms with Gasteiger partial charge in [0.15, 0.2) is 5.82 Å². The zero-order valence-corrected chi connectivity index (χ0v) is 71.9. The molecular weight excluding hydrogens is 1530 g/mol. The van der Waals surface area contributed by atoms with Crippen LogP contribution in [-0.2, 0) is 55.3 Å². The maximum Gasteiger partial charge on any atom is 0.494 e. The number of ether oxygens (including phenoxy) is 2. The van der Waals surface area contributed by atoms with Gasteiger partial charge in [-0.15, -0.1) is 0 Å². The molecule has 8 aromatic rings. The van der Waals surface area contributed by atoms with Gasteiger partial charge in [0.25, 0.3) is 0 Å². The molecule has 0 aliphatic carbocycles. The molecule has 14 rings (SSSR count). The molecule has 4 amide bonds. The van der Waals surface area contributed by atoms with Crippen LogP contribution in [0.2, 0.25) is 5.28 Å². The van der Waals surface area contributed by atoms with E-state index in [1.54, 1.807) is 85.7 Å². The van der Waals surface area contributed by atoms with E-state index in [0.717, 1.165) is 97.7 Å². The van der Waals surface area contributed by atoms with E-state index < -0.39 is 7.12 Å². The van der Waals surface area contributed by atoms with Crippen LogP contribution in [0.15, 0.2) is 151 Å². The lowest BCUT2D eigenvalue weighted by Gasteiger charge is -2.35. The van der Waals surface area contributed by atoms with Crippen LogP contribution in [0.4, 0.5) is 67.0 Å². The number of aliphatic imine (C=N–C) groups is 1. The zero-order chi connectivity index (χ0) is 85.8. The molecule has 0 radical (unpaired) electrons. The molecule has 3 aromatic carbocycles. The fourth-order valence-corrected chi connectivity index (χ4v) is 13.7. The summed E-state index contributed by atoms with van der Waals surface area (Å²) < 4.78 is 35.9. The van der Waals surface area contributed by atoms with Crippen molar-refractivity contribution in [2.45, 2.75) is 193 Å². The second-order valence-corrected chi connectivity index (χ2v) is 33.6. The van der Waals surface area contributed by atoms with Crippen molar-refractivity contribution >= 4 is 124 Å². The Morgan fingerprint density at radius 1 is 0.521 bits per heavy atom. The minimum absolute atomic E-state index is 0.113. The van der Waals surface area contributed by atoms with Crippen LogP contribution in [0, 0.1) is 0 Å². The number of amides is 4. The Hall–Kier alpha value is -10.4. The third kappa shape index (κ3) is 26.6. The topological polar surface area (TPSA) is 354 Å². The van der Waals surface area contributed by atoms with E-state index in [9.17, 15) is 24.0 Å². The number of hydrogen-bond donors (Lipinski definition) is 7. The minimum atomic E-state index is -0.414. The molecule has 33 heteroatoms. The predicted molar refractivity (Wildman–Crippen MR) is 471 cm³/mol. The molecule has 0 saturated carbocycles. The normalized spacial score (nSPS) is 18.7. The van der Waals surface area contributed by atoms with Crippen LogP contribution in [0.3, 0.4) is 0 Å². The van der Waals surface area contributed by atoms with Crippen LogP contribution >= 0.6 is 11.6 Å². The number of urea groups is 2. The van der Waals surface area contributed by atoms with Gasteiger partial charge in [-0.3, -0.25) is 24.5 Å². The van der Waals surface area contributed by atoms with Crippen LogP contribution in [0.5, 0.6) is 0 Å². The third-order valence-corrected chi connectivity index (χ3v) is 21.3. The fraction of sp³-hybridized carbons (Fsp3) is 0.465. The number of ketones is 2. The first-order chi connectivity index (χ1) is 56.6. The summed E-state index contributed by atoms with van der Waals surface area (Å²) in [7, 11) is 7.09. The molecule has 632 valence electrons. The van der Waals surface area contributed by atoms with Gasteiger partial charge in [0, 0.05) is 130 Å². The standard InChI is InChI=1S/C31H40N8O3.C19H30ClN5O2.C18H22BN3O3.C13H16BNO3.C5H6N2/c1-20(2)33-29-27(16-24(40)13-15-38(3)4)30(39-18-25-11-12-26(19-39)42-25)37-28(36-29)21-7-9-22(10-8-21)34-31(41)35-23-6-5-14-32-17-23;1-12(2)21-17-16(9-13(26)7-8-24(3)4)18(23-19(20)22-17)25-10-14-5-6-15(11-25)27-14;1-17(2)18(3,4)25-19(24-17)13-7-9-14(10-8-13)21-16(23)22-15-6-5-11-20-12-15;1-12(2)13(3,4)18-14(17-12)10-5-7-11(8-6-10)15-9-16;6-5-2-1-3-7-4-5/h5-10,14,17,20,25-26H,11-13,15-16,18-19H2,1-4H3,(H,33,36,37)(H2,34,35,41);12,14-15H,5-11H2,1-4H3,(H,21,22,23);5-12H,1-4H3,(H2,21,22,23);5-8H,1-4H3;1-4H,6H2. The van der Waals surface area contributed by atoms with Gasteiger partial charge >= 0.3 is 26.3 Å². The number of carbonyl (C=O) groups is 4. The Balaban J connectivity index is 0.000000169. The number of rotatable bonds is 24. The summed E-state index contributed by atoms with van der Waals surface area (Å²) in [4.78, 5) is 103. The average Bonchev–Trinajstić information content (AvgIpc) is 1.69. The van der Waals surface area contributed by atoms with Gasteiger partial charge in [0.1, 0.15) is 34.8 Å². The number of benzene rings is 3. The Kier molecular flexibility index (Phi) is 31.7. The number of carbonyl (C=O) groups excluding carboxylic acids is 5. The van der Waals surface area contributed by atoms with Crippen molar-refractivity contribution in [3.05, 3.63) is 163 Å². The number of morpholine rings is 2. The maximum absolute atomic E-state index is 13.1. The highest BCUT2D eigenvalue weighted by atomic mass is 35.5. The van der Waals surface area contributed by atoms with Gasteiger partial charge in [-0.1, -0.05) is 24.3 Å². The molecule has 5 aromatic heterocycles. The zero-order valence-electron chi connectivity index (χ0n) is 71.2. The fourth-order valence-electron chi connectivity index (χ4n) is 13.5. The summed E-state index contributed by atoms with van der Waals surface area (Å²) in [5.74, 6) is 3.80. The number of nitrogen functional groups attached to an aromatic ring is 1. The predicted octanol–water partition coefficient (Wildman–Crippen LogP) is 12.5. The number of nitrogens with one attached hydrogen (secondary N) is 6. The molecule has 6 saturated heterocycles. The SMILES string of the molecule is CC(C)Nc1nc(-c2ccc(NC(=O)Nc3cccnc3)cc2)nc(N2CC3CCC(C2)O3)c1CC(=O)CCN(C)C.CC(C)Nc1nc(Cl)nc(N2CC3CCC(C2)O3)c1CC(=O)CCN(C)C.CC1(C)OB(c2ccc(N=C=O)cc2)OC1(C)C.CC1(C)OB(c2ccc(NC(=O)Nc3cccnc3)cc2)OC1(C)C.Nc1cccnc1. The van der Waals surface area contributed by atoms with Gasteiger partial charge in [-0.05, 0) is 244 Å². The molecule has 8 N–H and O–H groups in total. The van der Waals surface area contributed by atoms with Crippen LogP contribution in [0.1, 0.15) is 133 Å². The lowest BCUT2D eigenvalue weighted by molar-refractivity contribution is -0.119. The number of anilines is 9. The van der Waals surface area contributed by atoms with Crippen molar-refractivity contribution in [1.82, 2.24) is 44.7 Å². The molecule has 6 aliphatic heterocycles. The van der Waals surface area contributed by atoms with E-state index in [4.69, 9.17) is 55.4 Å². The molecule has 4 unspecified atom stereocenters. The van der Waals surface area contributed by atoms with Crippen LogP contribution < -0.4 is 58.4 Å². The number of fused-ring (bicyclic) bond motifs is 4. The van der Waals surface area contributed by atoms with Crippen molar-refractivity contribution in [2.24, 2.45) is 4.99 Å². The van der Waals surface area contributed by atoms with Crippen LogP contribution in [0.25, 0.3) is 11.4 Å². The van der Waals surface area contributed by atoms with E-state index >= 15 is 0 Å². The summed E-state index contributed by atoms with van der Waals surface area (Å²) in [6.45, 7) is 28.8. The molecule has 11 heterocycles. The third-order valence-electron chi connectivity index (χ3n) is 21.1.